The van der Waals surface area contributed by atoms with Crippen LogP contribution in [0.5, 0.6) is 0 Å². The van der Waals surface area contributed by atoms with E-state index in [1.807, 2.05) is 12.1 Å². The number of H-pyrrole nitrogens is 1. The molecule has 0 saturated carbocycles. The Balaban J connectivity index is 1.63. The van der Waals surface area contributed by atoms with Gasteiger partial charge in [0.15, 0.2) is 0 Å². The molecule has 0 fully saturated rings. The number of aryl methyl sites for hydroxylation is 1. The minimum Gasteiger partial charge on any atom is -0.481 e. The summed E-state index contributed by atoms with van der Waals surface area (Å²) in [6.07, 6.45) is 3.45. The van der Waals surface area contributed by atoms with Gasteiger partial charge in [-0.3, -0.25) is 4.79 Å². The third kappa shape index (κ3) is 3.84. The van der Waals surface area contributed by atoms with Crippen LogP contribution in [0.25, 0.3) is 16.5 Å². The third-order valence-corrected chi connectivity index (χ3v) is 4.55. The van der Waals surface area contributed by atoms with Crippen LogP contribution >= 0.6 is 0 Å². The molecule has 2 aromatic rings. The van der Waals surface area contributed by atoms with Gasteiger partial charge in [-0.15, -0.1) is 0 Å². The highest BCUT2D eigenvalue weighted by Gasteiger charge is 2.20. The average molecular weight is 341 g/mol. The number of aliphatic carboxylic acids is 1. The first kappa shape index (κ1) is 17.1. The summed E-state index contributed by atoms with van der Waals surface area (Å²) in [5.74, 6) is -0.839. The van der Waals surface area contributed by atoms with E-state index in [4.69, 9.17) is 5.11 Å². The van der Waals surface area contributed by atoms with Crippen LogP contribution in [-0.2, 0) is 4.79 Å². The highest BCUT2D eigenvalue weighted by Crippen LogP contribution is 2.32. The quantitative estimate of drug-likeness (QED) is 0.730. The smallest absolute Gasteiger partial charge is 0.317 e. The zero-order valence-corrected chi connectivity index (χ0v) is 14.3. The normalized spacial score (nSPS) is 14.4. The molecule has 3 N–H and O–H groups in total. The molecule has 0 spiro atoms. The Morgan fingerprint density at radius 1 is 1.32 bits per heavy atom. The van der Waals surface area contributed by atoms with Gasteiger partial charge >= 0.3 is 12.0 Å². The predicted molar refractivity (Wildman–Crippen MR) is 97.5 cm³/mol. The van der Waals surface area contributed by atoms with Gasteiger partial charge in [0.1, 0.15) is 0 Å². The molecule has 132 valence electrons. The lowest BCUT2D eigenvalue weighted by Crippen LogP contribution is -2.42. The molecule has 1 aromatic heterocycles. The fourth-order valence-electron chi connectivity index (χ4n) is 3.32. The number of aromatic nitrogens is 1. The van der Waals surface area contributed by atoms with Crippen LogP contribution in [-0.4, -0.2) is 46.6 Å². The van der Waals surface area contributed by atoms with Crippen molar-refractivity contribution in [2.24, 2.45) is 0 Å². The Hall–Kier alpha value is -2.76. The summed E-state index contributed by atoms with van der Waals surface area (Å²) >= 11 is 0. The number of carboxylic acids is 1. The van der Waals surface area contributed by atoms with Gasteiger partial charge in [0.2, 0.25) is 0 Å². The second kappa shape index (κ2) is 7.42. The molecule has 1 aromatic carbocycles. The van der Waals surface area contributed by atoms with Crippen molar-refractivity contribution in [1.82, 2.24) is 15.2 Å². The van der Waals surface area contributed by atoms with Crippen molar-refractivity contribution in [3.63, 3.8) is 0 Å². The van der Waals surface area contributed by atoms with Crippen LogP contribution in [0.2, 0.25) is 0 Å². The molecule has 0 saturated heterocycles. The maximum absolute atomic E-state index is 12.1. The van der Waals surface area contributed by atoms with Crippen LogP contribution in [0.4, 0.5) is 4.79 Å². The van der Waals surface area contributed by atoms with E-state index in [0.717, 1.165) is 17.6 Å². The molecule has 2 heterocycles. The Bertz CT molecular complexity index is 822. The number of rotatable bonds is 5. The lowest BCUT2D eigenvalue weighted by Gasteiger charge is -2.27. The Morgan fingerprint density at radius 2 is 2.12 bits per heavy atom. The topological polar surface area (TPSA) is 85.4 Å². The molecular weight excluding hydrogens is 318 g/mol. The van der Waals surface area contributed by atoms with Crippen LogP contribution in [0.3, 0.4) is 0 Å². The Kier molecular flexibility index (Phi) is 5.07. The lowest BCUT2D eigenvalue weighted by molar-refractivity contribution is -0.137. The molecule has 3 rings (SSSR count). The third-order valence-electron chi connectivity index (χ3n) is 4.55. The summed E-state index contributed by atoms with van der Waals surface area (Å²) in [6.45, 7) is 3.70. The van der Waals surface area contributed by atoms with Crippen molar-refractivity contribution in [2.75, 3.05) is 19.6 Å². The molecular formula is C19H23N3O3. The number of carbonyl (C=O) groups is 2. The maximum Gasteiger partial charge on any atom is 0.317 e. The summed E-state index contributed by atoms with van der Waals surface area (Å²) < 4.78 is 0. The number of fused-ring (bicyclic) bond motifs is 1. The van der Waals surface area contributed by atoms with Gasteiger partial charge in [-0.05, 0) is 31.4 Å². The van der Waals surface area contributed by atoms with E-state index < -0.39 is 5.97 Å². The van der Waals surface area contributed by atoms with Crippen LogP contribution < -0.4 is 5.32 Å². The summed E-state index contributed by atoms with van der Waals surface area (Å²) in [5, 5.41) is 12.6. The maximum atomic E-state index is 12.1. The number of nitrogens with one attached hydrogen (secondary N) is 2. The molecule has 0 unspecified atom stereocenters. The molecule has 6 heteroatoms. The van der Waals surface area contributed by atoms with E-state index in [0.29, 0.717) is 26.1 Å². The van der Waals surface area contributed by atoms with E-state index >= 15 is 0 Å². The second-order valence-corrected chi connectivity index (χ2v) is 6.33. The molecule has 1 aliphatic heterocycles. The zero-order valence-electron chi connectivity index (χ0n) is 14.3. The van der Waals surface area contributed by atoms with Gasteiger partial charge in [0, 0.05) is 48.2 Å². The minimum absolute atomic E-state index is 0.0736. The van der Waals surface area contributed by atoms with Crippen molar-refractivity contribution < 1.29 is 14.7 Å². The minimum atomic E-state index is -0.839. The Morgan fingerprint density at radius 3 is 2.84 bits per heavy atom. The molecule has 25 heavy (non-hydrogen) atoms. The van der Waals surface area contributed by atoms with E-state index in [1.54, 1.807) is 4.90 Å². The summed E-state index contributed by atoms with van der Waals surface area (Å²) in [5.41, 5.74) is 4.80. The lowest BCUT2D eigenvalue weighted by atomic mass is 9.97. The van der Waals surface area contributed by atoms with Crippen molar-refractivity contribution >= 4 is 28.5 Å². The molecule has 0 radical (unpaired) electrons. The van der Waals surface area contributed by atoms with Crippen molar-refractivity contribution in [3.05, 3.63) is 41.6 Å². The number of hydrogen-bond donors (Lipinski definition) is 3. The fraction of sp³-hybridized carbons (Fsp3) is 0.368. The number of carboxylic acid groups (broad SMARTS) is 1. The number of urea groups is 1. The standard InChI is InChI=1S/C19H23N3O3/c1-13-18(15-5-2-3-6-16(15)21-13)14-8-11-22(12-9-14)19(25)20-10-4-7-17(23)24/h2-3,5-6,8,21H,4,7,9-12H2,1H3,(H,20,25)(H,23,24). The van der Waals surface area contributed by atoms with Gasteiger partial charge in [-0.1, -0.05) is 24.3 Å². The molecule has 1 aliphatic rings. The molecule has 0 aliphatic carbocycles. The number of hydrogen-bond acceptors (Lipinski definition) is 2. The zero-order chi connectivity index (χ0) is 17.8. The van der Waals surface area contributed by atoms with E-state index in [-0.39, 0.29) is 12.5 Å². The molecule has 0 atom stereocenters. The molecule has 0 bridgehead atoms. The first-order valence-corrected chi connectivity index (χ1v) is 8.57. The first-order chi connectivity index (χ1) is 12.1. The van der Waals surface area contributed by atoms with E-state index in [1.165, 1.54) is 16.5 Å². The summed E-state index contributed by atoms with van der Waals surface area (Å²) in [6, 6.07) is 8.13. The van der Waals surface area contributed by atoms with Crippen molar-refractivity contribution in [3.8, 4) is 0 Å². The van der Waals surface area contributed by atoms with Crippen LogP contribution in [0, 0.1) is 6.92 Å². The van der Waals surface area contributed by atoms with E-state index in [2.05, 4.69) is 35.4 Å². The average Bonchev–Trinajstić information content (AvgIpc) is 2.94. The number of carbonyl (C=O) groups excluding carboxylic acids is 1. The number of aromatic amines is 1. The summed E-state index contributed by atoms with van der Waals surface area (Å²) in [7, 11) is 0. The van der Waals surface area contributed by atoms with Crippen LogP contribution in [0.1, 0.15) is 30.5 Å². The van der Waals surface area contributed by atoms with Crippen molar-refractivity contribution in [2.45, 2.75) is 26.2 Å². The first-order valence-electron chi connectivity index (χ1n) is 8.57. The largest absolute Gasteiger partial charge is 0.481 e. The predicted octanol–water partition coefficient (Wildman–Crippen LogP) is 3.14. The second-order valence-electron chi connectivity index (χ2n) is 6.33. The van der Waals surface area contributed by atoms with Crippen molar-refractivity contribution in [1.29, 1.82) is 0 Å². The fourth-order valence-corrected chi connectivity index (χ4v) is 3.32. The summed E-state index contributed by atoms with van der Waals surface area (Å²) in [4.78, 5) is 27.8. The van der Waals surface area contributed by atoms with Crippen LogP contribution in [0.15, 0.2) is 30.3 Å². The van der Waals surface area contributed by atoms with Gasteiger partial charge in [-0.2, -0.15) is 0 Å². The van der Waals surface area contributed by atoms with Gasteiger partial charge in [0.05, 0.1) is 0 Å². The highest BCUT2D eigenvalue weighted by atomic mass is 16.4. The number of para-hydroxylation sites is 1. The Labute approximate surface area is 146 Å². The number of nitrogens with zero attached hydrogens (tertiary/aromatic N) is 1. The van der Waals surface area contributed by atoms with Gasteiger partial charge in [0.25, 0.3) is 0 Å². The molecule has 6 nitrogen and oxygen atoms in total. The van der Waals surface area contributed by atoms with Gasteiger partial charge in [-0.25, -0.2) is 4.79 Å². The number of amides is 2. The monoisotopic (exact) mass is 341 g/mol. The highest BCUT2D eigenvalue weighted by molar-refractivity contribution is 5.94. The number of benzene rings is 1. The van der Waals surface area contributed by atoms with E-state index in [9.17, 15) is 9.59 Å². The van der Waals surface area contributed by atoms with Gasteiger partial charge < -0.3 is 20.3 Å². The SMILES string of the molecule is Cc1[nH]c2ccccc2c1C1=CCN(C(=O)NCCCC(=O)O)CC1. The molecule has 2 amide bonds.